The van der Waals surface area contributed by atoms with E-state index in [9.17, 15) is 0 Å². The summed E-state index contributed by atoms with van der Waals surface area (Å²) in [6.45, 7) is 2.97. The molecule has 1 heterocycles. The lowest BCUT2D eigenvalue weighted by Crippen LogP contribution is -2.42. The third-order valence-electron chi connectivity index (χ3n) is 3.10. The van der Waals surface area contributed by atoms with Crippen LogP contribution in [-0.4, -0.2) is 30.6 Å². The number of aliphatic imine (C=N–C) groups is 1. The topological polar surface area (TPSA) is 49.3 Å². The Morgan fingerprint density at radius 2 is 2.26 bits per heavy atom. The predicted octanol–water partition coefficient (Wildman–Crippen LogP) is 2.27. The van der Waals surface area contributed by atoms with Crippen LogP contribution in [0.3, 0.4) is 0 Å². The van der Waals surface area contributed by atoms with E-state index in [-0.39, 0.29) is 0 Å². The van der Waals surface area contributed by atoms with E-state index in [2.05, 4.69) is 38.1 Å². The summed E-state index contributed by atoms with van der Waals surface area (Å²) in [6.07, 6.45) is 8.74. The number of guanidine groups is 1. The van der Waals surface area contributed by atoms with Gasteiger partial charge in [0, 0.05) is 37.1 Å². The first-order chi connectivity index (χ1) is 9.28. The van der Waals surface area contributed by atoms with Gasteiger partial charge in [-0.3, -0.25) is 4.99 Å². The molecule has 0 unspecified atom stereocenters. The monoisotopic (exact) mass is 278 g/mol. The van der Waals surface area contributed by atoms with Crippen LogP contribution in [0, 0.1) is 6.92 Å². The summed E-state index contributed by atoms with van der Waals surface area (Å²) in [7, 11) is 1.82. The summed E-state index contributed by atoms with van der Waals surface area (Å²) < 4.78 is 0. The molecule has 1 aromatic rings. The average Bonchev–Trinajstić information content (AvgIpc) is 3.05. The van der Waals surface area contributed by atoms with Crippen molar-refractivity contribution in [2.24, 2.45) is 4.99 Å². The lowest BCUT2D eigenvalue weighted by atomic mass is 10.2. The molecule has 2 rings (SSSR count). The Morgan fingerprint density at radius 3 is 2.89 bits per heavy atom. The van der Waals surface area contributed by atoms with E-state index in [0.717, 1.165) is 43.9 Å². The number of hydrogen-bond acceptors (Lipinski definition) is 3. The highest BCUT2D eigenvalue weighted by molar-refractivity contribution is 7.09. The first-order valence-corrected chi connectivity index (χ1v) is 7.69. The molecule has 0 fully saturated rings. The Hall–Kier alpha value is -1.36. The van der Waals surface area contributed by atoms with Crippen molar-refractivity contribution in [3.63, 3.8) is 0 Å². The fraction of sp³-hybridized carbons (Fsp3) is 0.571. The molecule has 0 spiro atoms. The van der Waals surface area contributed by atoms with Crippen LogP contribution in [-0.2, 0) is 6.42 Å². The summed E-state index contributed by atoms with van der Waals surface area (Å²) in [5.74, 6) is 0.906. The first-order valence-electron chi connectivity index (χ1n) is 6.81. The molecule has 1 aliphatic carbocycles. The maximum Gasteiger partial charge on any atom is 0.191 e. The molecule has 1 aliphatic rings. The molecule has 0 bridgehead atoms. The highest BCUT2D eigenvalue weighted by atomic mass is 32.1. The van der Waals surface area contributed by atoms with Crippen LogP contribution in [0.4, 0.5) is 0 Å². The third-order valence-corrected chi connectivity index (χ3v) is 4.13. The number of thiazole rings is 1. The van der Waals surface area contributed by atoms with E-state index in [1.54, 1.807) is 11.3 Å². The molecule has 0 saturated heterocycles. The van der Waals surface area contributed by atoms with E-state index < -0.39 is 0 Å². The highest BCUT2D eigenvalue weighted by Gasteiger charge is 2.11. The molecule has 19 heavy (non-hydrogen) atoms. The largest absolute Gasteiger partial charge is 0.356 e. The Kier molecular flexibility index (Phi) is 5.39. The molecule has 0 amide bonds. The minimum absolute atomic E-state index is 0.507. The van der Waals surface area contributed by atoms with E-state index in [0.29, 0.717) is 6.04 Å². The first kappa shape index (κ1) is 14.1. The SMILES string of the molecule is CN=C(NCCCc1nc(C)cs1)NC1CC=CC1. The van der Waals surface area contributed by atoms with Crippen molar-refractivity contribution in [1.82, 2.24) is 15.6 Å². The van der Waals surface area contributed by atoms with Gasteiger partial charge < -0.3 is 10.6 Å². The van der Waals surface area contributed by atoms with Crippen LogP contribution in [0.25, 0.3) is 0 Å². The average molecular weight is 278 g/mol. The van der Waals surface area contributed by atoms with E-state index in [1.165, 1.54) is 5.01 Å². The highest BCUT2D eigenvalue weighted by Crippen LogP contribution is 2.10. The molecule has 2 N–H and O–H groups in total. The van der Waals surface area contributed by atoms with E-state index in [1.807, 2.05) is 14.0 Å². The van der Waals surface area contributed by atoms with Crippen LogP contribution < -0.4 is 10.6 Å². The van der Waals surface area contributed by atoms with E-state index >= 15 is 0 Å². The van der Waals surface area contributed by atoms with Gasteiger partial charge in [-0.15, -0.1) is 11.3 Å². The van der Waals surface area contributed by atoms with Gasteiger partial charge >= 0.3 is 0 Å². The van der Waals surface area contributed by atoms with Crippen LogP contribution >= 0.6 is 11.3 Å². The molecular formula is C14H22N4S. The number of aromatic nitrogens is 1. The Bertz CT molecular complexity index is 442. The van der Waals surface area contributed by atoms with Crippen molar-refractivity contribution in [2.45, 2.75) is 38.6 Å². The second kappa shape index (κ2) is 7.28. The maximum atomic E-state index is 4.47. The van der Waals surface area contributed by atoms with Gasteiger partial charge in [-0.25, -0.2) is 4.98 Å². The van der Waals surface area contributed by atoms with Gasteiger partial charge in [0.2, 0.25) is 0 Å². The summed E-state index contributed by atoms with van der Waals surface area (Å²) in [6, 6.07) is 0.507. The standard InChI is InChI=1S/C14H22N4S/c1-11-10-19-13(17-11)8-5-9-16-14(15-2)18-12-6-3-4-7-12/h3-4,10,12H,5-9H2,1-2H3,(H2,15,16,18). The van der Waals surface area contributed by atoms with Crippen LogP contribution in [0.5, 0.6) is 0 Å². The van der Waals surface area contributed by atoms with Gasteiger partial charge in [0.1, 0.15) is 0 Å². The second-order valence-electron chi connectivity index (χ2n) is 4.77. The second-order valence-corrected chi connectivity index (χ2v) is 5.71. The third kappa shape index (κ3) is 4.67. The molecule has 5 heteroatoms. The van der Waals surface area contributed by atoms with Gasteiger partial charge in [-0.05, 0) is 26.2 Å². The van der Waals surface area contributed by atoms with Crippen LogP contribution in [0.1, 0.15) is 30.0 Å². The summed E-state index contributed by atoms with van der Waals surface area (Å²) in [5, 5.41) is 10.1. The van der Waals surface area contributed by atoms with Crippen molar-refractivity contribution in [3.8, 4) is 0 Å². The van der Waals surface area contributed by atoms with Gasteiger partial charge in [-0.2, -0.15) is 0 Å². The molecule has 1 aromatic heterocycles. The zero-order valence-electron chi connectivity index (χ0n) is 11.6. The fourth-order valence-electron chi connectivity index (χ4n) is 2.09. The molecule has 0 atom stereocenters. The summed E-state index contributed by atoms with van der Waals surface area (Å²) >= 11 is 1.75. The normalized spacial score (nSPS) is 16.0. The molecule has 0 radical (unpaired) electrons. The lowest BCUT2D eigenvalue weighted by Gasteiger charge is -2.16. The molecule has 104 valence electrons. The zero-order chi connectivity index (χ0) is 13.5. The summed E-state index contributed by atoms with van der Waals surface area (Å²) in [4.78, 5) is 8.72. The number of rotatable bonds is 5. The molecular weight excluding hydrogens is 256 g/mol. The van der Waals surface area contributed by atoms with Gasteiger partial charge in [0.05, 0.1) is 5.01 Å². The predicted molar refractivity (Wildman–Crippen MR) is 81.8 cm³/mol. The molecule has 0 aromatic carbocycles. The Labute approximate surface area is 119 Å². The fourth-order valence-corrected chi connectivity index (χ4v) is 2.91. The minimum atomic E-state index is 0.507. The van der Waals surface area contributed by atoms with Crippen molar-refractivity contribution in [2.75, 3.05) is 13.6 Å². The number of nitrogens with zero attached hydrogens (tertiary/aromatic N) is 2. The summed E-state index contributed by atoms with van der Waals surface area (Å²) in [5.41, 5.74) is 1.12. The van der Waals surface area contributed by atoms with Gasteiger partial charge in [0.15, 0.2) is 5.96 Å². The van der Waals surface area contributed by atoms with Crippen LogP contribution in [0.2, 0.25) is 0 Å². The van der Waals surface area contributed by atoms with Gasteiger partial charge in [0.25, 0.3) is 0 Å². The number of hydrogen-bond donors (Lipinski definition) is 2. The van der Waals surface area contributed by atoms with Crippen molar-refractivity contribution in [3.05, 3.63) is 28.2 Å². The minimum Gasteiger partial charge on any atom is -0.356 e. The number of nitrogens with one attached hydrogen (secondary N) is 2. The van der Waals surface area contributed by atoms with Crippen molar-refractivity contribution >= 4 is 17.3 Å². The van der Waals surface area contributed by atoms with Crippen molar-refractivity contribution < 1.29 is 0 Å². The smallest absolute Gasteiger partial charge is 0.191 e. The Balaban J connectivity index is 1.63. The van der Waals surface area contributed by atoms with E-state index in [4.69, 9.17) is 0 Å². The van der Waals surface area contributed by atoms with Crippen LogP contribution in [0.15, 0.2) is 22.5 Å². The number of aryl methyl sites for hydroxylation is 2. The lowest BCUT2D eigenvalue weighted by molar-refractivity contribution is 0.628. The zero-order valence-corrected chi connectivity index (χ0v) is 12.5. The molecule has 0 aliphatic heterocycles. The molecule has 0 saturated carbocycles. The van der Waals surface area contributed by atoms with Gasteiger partial charge in [-0.1, -0.05) is 12.2 Å². The molecule has 4 nitrogen and oxygen atoms in total. The maximum absolute atomic E-state index is 4.47. The van der Waals surface area contributed by atoms with Crippen molar-refractivity contribution in [1.29, 1.82) is 0 Å². The quantitative estimate of drug-likeness (QED) is 0.376. The Morgan fingerprint density at radius 1 is 1.47 bits per heavy atom.